The number of rotatable bonds is 8. The number of hydrogen-bond donors (Lipinski definition) is 2. The molecule has 2 N–H and O–H groups in total. The molecular formula is C34H58O8P2. The largest absolute Gasteiger partial charge is 0.530 e. The maximum absolute atomic E-state index is 13.0. The van der Waals surface area contributed by atoms with Crippen LogP contribution in [0.25, 0.3) is 0 Å². The molecule has 0 bridgehead atoms. The normalized spacial score (nSPS) is 13.3. The van der Waals surface area contributed by atoms with Crippen LogP contribution in [0.3, 0.4) is 0 Å². The maximum Gasteiger partial charge on any atom is 0.530 e. The van der Waals surface area contributed by atoms with Gasteiger partial charge < -0.3 is 19.3 Å². The van der Waals surface area contributed by atoms with E-state index >= 15 is 0 Å². The van der Waals surface area contributed by atoms with Gasteiger partial charge in [0.25, 0.3) is 0 Å². The van der Waals surface area contributed by atoms with Crippen LogP contribution in [0.2, 0.25) is 0 Å². The van der Waals surface area contributed by atoms with Crippen LogP contribution in [0, 0.1) is 0 Å². The van der Waals surface area contributed by atoms with Crippen molar-refractivity contribution in [2.75, 3.05) is 26.5 Å². The first-order valence-corrected chi connectivity index (χ1v) is 19.1. The molecular weight excluding hydrogens is 598 g/mol. The Hall–Kier alpha value is -1.98. The van der Waals surface area contributed by atoms with Gasteiger partial charge in [-0.25, -0.2) is 4.57 Å². The molecule has 0 amide bonds. The van der Waals surface area contributed by atoms with Crippen molar-refractivity contribution in [3.05, 3.63) is 46.5 Å². The standard InChI is InChI=1S/C20H36O6P2.C14H22O2/c1-11-23-28(22,24-12-2)26-18-14-15(19(3,4)5)17(25-27(9,10)21)13-16(18)20(6,7)8;1-13(2,3)9-7-12(16)10(8-11(9)15)14(4,5)6/h13-14H,11-12H2,1-10H3;7-8,15-16H,1-6H3. The molecule has 0 spiro atoms. The zero-order chi connectivity index (χ0) is 34.7. The van der Waals surface area contributed by atoms with E-state index in [1.165, 1.54) is 0 Å². The van der Waals surface area contributed by atoms with Gasteiger partial charge in [-0.05, 0) is 59.8 Å². The van der Waals surface area contributed by atoms with E-state index in [0.29, 0.717) is 11.5 Å². The van der Waals surface area contributed by atoms with Gasteiger partial charge >= 0.3 is 7.82 Å². The molecule has 0 fully saturated rings. The Morgan fingerprint density at radius 2 is 0.841 bits per heavy atom. The van der Waals surface area contributed by atoms with Gasteiger partial charge in [-0.2, -0.15) is 0 Å². The highest BCUT2D eigenvalue weighted by Gasteiger charge is 2.34. The number of aromatic hydroxyl groups is 2. The summed E-state index contributed by atoms with van der Waals surface area (Å²) in [4.78, 5) is 0. The lowest BCUT2D eigenvalue weighted by Crippen LogP contribution is -2.18. The van der Waals surface area contributed by atoms with Crippen LogP contribution in [0.5, 0.6) is 23.0 Å². The molecule has 2 aromatic rings. The average Bonchev–Trinajstić information content (AvgIpc) is 2.78. The Morgan fingerprint density at radius 1 is 0.545 bits per heavy atom. The molecule has 8 nitrogen and oxygen atoms in total. The maximum atomic E-state index is 13.0. The molecule has 0 atom stereocenters. The van der Waals surface area contributed by atoms with E-state index in [1.54, 1.807) is 45.4 Å². The summed E-state index contributed by atoms with van der Waals surface area (Å²) in [6.07, 6.45) is 0. The molecule has 0 aliphatic rings. The third kappa shape index (κ3) is 11.7. The number of hydrogen-bond acceptors (Lipinski definition) is 8. The lowest BCUT2D eigenvalue weighted by atomic mass is 9.81. The number of benzene rings is 2. The minimum Gasteiger partial charge on any atom is -0.508 e. The fraction of sp³-hybridized carbons (Fsp3) is 0.647. The Kier molecular flexibility index (Phi) is 12.9. The zero-order valence-electron chi connectivity index (χ0n) is 30.0. The highest BCUT2D eigenvalue weighted by Crippen LogP contribution is 2.54. The first-order chi connectivity index (χ1) is 19.6. The van der Waals surface area contributed by atoms with Crippen molar-refractivity contribution in [2.45, 2.75) is 119 Å². The molecule has 44 heavy (non-hydrogen) atoms. The van der Waals surface area contributed by atoms with Crippen molar-refractivity contribution < 1.29 is 37.4 Å². The van der Waals surface area contributed by atoms with E-state index < -0.39 is 15.2 Å². The van der Waals surface area contributed by atoms with Gasteiger partial charge in [-0.1, -0.05) is 83.1 Å². The molecule has 10 heteroatoms. The summed E-state index contributed by atoms with van der Waals surface area (Å²) in [5.74, 6) is 1.48. The molecule has 2 aromatic carbocycles. The van der Waals surface area contributed by atoms with Crippen molar-refractivity contribution in [2.24, 2.45) is 0 Å². The third-order valence-corrected chi connectivity index (χ3v) is 8.74. The van der Waals surface area contributed by atoms with Crippen LogP contribution < -0.4 is 9.05 Å². The predicted octanol–water partition coefficient (Wildman–Crippen LogP) is 10.5. The molecule has 0 aliphatic heterocycles. The SMILES string of the molecule is CC(C)(C)c1cc(O)c(C(C)(C)C)cc1O.CCOP(=O)(OCC)Oc1cc(C(C)(C)C)c(OP(C)(C)=O)cc1C(C)(C)C. The first-order valence-electron chi connectivity index (χ1n) is 15.1. The molecule has 0 radical (unpaired) electrons. The van der Waals surface area contributed by atoms with Crippen LogP contribution in [0.1, 0.15) is 119 Å². The topological polar surface area (TPSA) is 112 Å². The van der Waals surface area contributed by atoms with Gasteiger partial charge in [0.05, 0.1) is 13.2 Å². The lowest BCUT2D eigenvalue weighted by molar-refractivity contribution is 0.166. The van der Waals surface area contributed by atoms with Crippen molar-refractivity contribution in [3.8, 4) is 23.0 Å². The van der Waals surface area contributed by atoms with Gasteiger partial charge in [0, 0.05) is 35.6 Å². The first kappa shape index (κ1) is 40.0. The zero-order valence-corrected chi connectivity index (χ0v) is 31.8. The molecule has 0 unspecified atom stereocenters. The van der Waals surface area contributed by atoms with Crippen molar-refractivity contribution >= 4 is 15.2 Å². The van der Waals surface area contributed by atoms with Crippen LogP contribution in [-0.4, -0.2) is 36.8 Å². The van der Waals surface area contributed by atoms with Crippen LogP contribution in [0.15, 0.2) is 24.3 Å². The van der Waals surface area contributed by atoms with Gasteiger partial charge in [0.2, 0.25) is 7.37 Å². The van der Waals surface area contributed by atoms with Gasteiger partial charge in [0.1, 0.15) is 23.0 Å². The van der Waals surface area contributed by atoms with Crippen LogP contribution >= 0.6 is 15.2 Å². The Morgan fingerprint density at radius 3 is 1.09 bits per heavy atom. The highest BCUT2D eigenvalue weighted by atomic mass is 31.2. The lowest BCUT2D eigenvalue weighted by Gasteiger charge is -2.30. The second-order valence-electron chi connectivity index (χ2n) is 15.4. The molecule has 0 aliphatic carbocycles. The van der Waals surface area contributed by atoms with E-state index in [9.17, 15) is 19.3 Å². The summed E-state index contributed by atoms with van der Waals surface area (Å²) in [7, 11) is -6.54. The summed E-state index contributed by atoms with van der Waals surface area (Å²) >= 11 is 0. The fourth-order valence-corrected chi connectivity index (χ4v) is 6.25. The minimum absolute atomic E-state index is 0.169. The number of phenolic OH excluding ortho intramolecular Hbond substituents is 2. The molecule has 0 saturated heterocycles. The average molecular weight is 657 g/mol. The van der Waals surface area contributed by atoms with E-state index in [4.69, 9.17) is 18.1 Å². The third-order valence-electron chi connectivity index (χ3n) is 6.53. The van der Waals surface area contributed by atoms with E-state index in [-0.39, 0.29) is 46.4 Å². The van der Waals surface area contributed by atoms with Gasteiger partial charge in [0.15, 0.2) is 0 Å². The minimum atomic E-state index is -3.76. The molecule has 2 rings (SSSR count). The summed E-state index contributed by atoms with van der Waals surface area (Å²) in [6.45, 7) is 31.2. The van der Waals surface area contributed by atoms with E-state index in [1.807, 2.05) is 89.2 Å². The predicted molar refractivity (Wildman–Crippen MR) is 183 cm³/mol. The van der Waals surface area contributed by atoms with E-state index in [2.05, 4.69) is 0 Å². The van der Waals surface area contributed by atoms with Crippen molar-refractivity contribution in [1.29, 1.82) is 0 Å². The summed E-state index contributed by atoms with van der Waals surface area (Å²) < 4.78 is 47.7. The van der Waals surface area contributed by atoms with Crippen LogP contribution in [-0.2, 0) is 39.8 Å². The Balaban J connectivity index is 0.000000511. The quantitative estimate of drug-likeness (QED) is 0.213. The molecule has 252 valence electrons. The monoisotopic (exact) mass is 656 g/mol. The van der Waals surface area contributed by atoms with Gasteiger partial charge in [-0.3, -0.25) is 13.6 Å². The summed E-state index contributed by atoms with van der Waals surface area (Å²) in [6, 6.07) is 6.99. The Labute approximate surface area is 266 Å². The summed E-state index contributed by atoms with van der Waals surface area (Å²) in [5.41, 5.74) is 2.12. The van der Waals surface area contributed by atoms with Gasteiger partial charge in [-0.15, -0.1) is 0 Å². The fourth-order valence-electron chi connectivity index (χ4n) is 4.42. The smallest absolute Gasteiger partial charge is 0.508 e. The Bertz CT molecular complexity index is 1310. The number of phosphoric acid groups is 1. The second-order valence-corrected chi connectivity index (χ2v) is 19.7. The van der Waals surface area contributed by atoms with E-state index in [0.717, 1.165) is 22.3 Å². The van der Waals surface area contributed by atoms with Crippen LogP contribution in [0.4, 0.5) is 0 Å². The molecule has 0 heterocycles. The number of phenols is 2. The summed E-state index contributed by atoms with van der Waals surface area (Å²) in [5, 5.41) is 20.0. The van der Waals surface area contributed by atoms with Crippen molar-refractivity contribution in [3.63, 3.8) is 0 Å². The van der Waals surface area contributed by atoms with Crippen molar-refractivity contribution in [1.82, 2.24) is 0 Å². The second kappa shape index (κ2) is 14.2. The molecule has 0 aromatic heterocycles. The number of phosphoric ester groups is 1. The highest BCUT2D eigenvalue weighted by molar-refractivity contribution is 7.57. The molecule has 0 saturated carbocycles.